The van der Waals surface area contributed by atoms with Gasteiger partial charge in [-0.05, 0) is 55.3 Å². The first kappa shape index (κ1) is 27.8. The Labute approximate surface area is 233 Å². The number of aromatic hydroxyl groups is 1. The van der Waals surface area contributed by atoms with Gasteiger partial charge in [0.2, 0.25) is 5.78 Å². The molecule has 8 heteroatoms. The number of allylic oxidation sites excluding steroid dienone is 1. The van der Waals surface area contributed by atoms with Crippen molar-refractivity contribution in [2.75, 3.05) is 14.1 Å². The van der Waals surface area contributed by atoms with Gasteiger partial charge in [-0.3, -0.25) is 9.59 Å². The minimum absolute atomic E-state index is 0.0325. The van der Waals surface area contributed by atoms with Gasteiger partial charge in [0.1, 0.15) is 11.5 Å². The maximum atomic E-state index is 14.3. The van der Waals surface area contributed by atoms with E-state index in [1.54, 1.807) is 45.8 Å². The van der Waals surface area contributed by atoms with E-state index in [-0.39, 0.29) is 28.2 Å². The number of hydrogen-bond donors (Lipinski definition) is 5. The van der Waals surface area contributed by atoms with Crippen molar-refractivity contribution < 1.29 is 30.0 Å². The minimum atomic E-state index is -2.70. The highest BCUT2D eigenvalue weighted by Crippen LogP contribution is 2.66. The lowest BCUT2D eigenvalue weighted by Crippen LogP contribution is -2.76. The fraction of sp³-hybridized carbons (Fsp3) is 0.375. The second-order valence-electron chi connectivity index (χ2n) is 12.0. The quantitative estimate of drug-likeness (QED) is 0.394. The standard InChI is InChI=1S/C32H36N2O6/c1-15-21(17(3)33)27(37)32(40)28(38)24-25(36)23-20(35)14-13-19(18-11-9-8-10-12-18)22(23)16(2)30(24,4)29(39)31(32,5)26(15)34(6)7/h8-14,16,26,29,35,38-40H,3,33H2,1-2,4-7H3/t16-,26+,29-,30+,31+,32+/m0/s1. The number of likely N-dealkylation sites (N-methyl/N-ethyl adjacent to an activating group) is 1. The molecule has 0 heterocycles. The molecule has 2 aromatic carbocycles. The Hall–Kier alpha value is -3.72. The third-order valence-electron chi connectivity index (χ3n) is 9.89. The van der Waals surface area contributed by atoms with Crippen LogP contribution in [0, 0.1) is 10.8 Å². The first-order valence-corrected chi connectivity index (χ1v) is 13.3. The number of aliphatic hydroxyl groups is 3. The summed E-state index contributed by atoms with van der Waals surface area (Å²) in [5, 5.41) is 47.7. The number of carbonyl (C=O) groups excluding carboxylic acids is 2. The SMILES string of the molecule is C=C(N)C1=C(C)[C@@H](N(C)C)[C@]2(C)[C@@H](O)[C@@]3(C)C(=C(O)[C@]2(O)C1=O)C(=O)c1c(O)ccc(-c2ccccc2)c1[C@@H]3C. The van der Waals surface area contributed by atoms with E-state index >= 15 is 0 Å². The molecule has 3 aliphatic carbocycles. The molecule has 0 unspecified atom stereocenters. The highest BCUT2D eigenvalue weighted by Gasteiger charge is 2.75. The maximum absolute atomic E-state index is 14.3. The second kappa shape index (κ2) is 8.64. The summed E-state index contributed by atoms with van der Waals surface area (Å²) >= 11 is 0. The molecule has 0 radical (unpaired) electrons. The van der Waals surface area contributed by atoms with E-state index < -0.39 is 51.8 Å². The molecule has 0 aliphatic heterocycles. The molecule has 0 aromatic heterocycles. The lowest BCUT2D eigenvalue weighted by Gasteiger charge is -2.64. The van der Waals surface area contributed by atoms with Crippen LogP contribution in [0.4, 0.5) is 0 Å². The van der Waals surface area contributed by atoms with Crippen LogP contribution in [-0.4, -0.2) is 68.7 Å². The molecular weight excluding hydrogens is 508 g/mol. The summed E-state index contributed by atoms with van der Waals surface area (Å²) in [6, 6.07) is 11.8. The van der Waals surface area contributed by atoms with Gasteiger partial charge in [-0.1, -0.05) is 63.7 Å². The fourth-order valence-corrected chi connectivity index (χ4v) is 8.01. The number of phenolic OH excluding ortho intramolecular Hbond substituents is 1. The zero-order chi connectivity index (χ0) is 29.7. The van der Waals surface area contributed by atoms with Gasteiger partial charge in [-0.2, -0.15) is 0 Å². The van der Waals surface area contributed by atoms with Gasteiger partial charge in [0.25, 0.3) is 0 Å². The van der Waals surface area contributed by atoms with E-state index in [9.17, 15) is 30.0 Å². The van der Waals surface area contributed by atoms with Crippen LogP contribution < -0.4 is 5.73 Å². The van der Waals surface area contributed by atoms with E-state index in [4.69, 9.17) is 5.73 Å². The molecule has 3 aliphatic rings. The predicted molar refractivity (Wildman–Crippen MR) is 152 cm³/mol. The predicted octanol–water partition coefficient (Wildman–Crippen LogP) is 3.59. The summed E-state index contributed by atoms with van der Waals surface area (Å²) in [4.78, 5) is 30.1. The smallest absolute Gasteiger partial charge is 0.204 e. The van der Waals surface area contributed by atoms with Gasteiger partial charge >= 0.3 is 0 Å². The zero-order valence-corrected chi connectivity index (χ0v) is 23.6. The summed E-state index contributed by atoms with van der Waals surface area (Å²) in [6.45, 7) is 10.5. The van der Waals surface area contributed by atoms with Crippen LogP contribution in [0.3, 0.4) is 0 Å². The number of nitrogens with zero attached hydrogens (tertiary/aromatic N) is 1. The lowest BCUT2D eigenvalue weighted by molar-refractivity contribution is -0.203. The van der Waals surface area contributed by atoms with Gasteiger partial charge in [0.15, 0.2) is 11.4 Å². The van der Waals surface area contributed by atoms with Crippen LogP contribution in [0.1, 0.15) is 49.5 Å². The van der Waals surface area contributed by atoms with Gasteiger partial charge < -0.3 is 31.1 Å². The number of carbonyl (C=O) groups is 2. The van der Waals surface area contributed by atoms with Gasteiger partial charge in [-0.25, -0.2) is 0 Å². The van der Waals surface area contributed by atoms with Crippen molar-refractivity contribution in [2.24, 2.45) is 16.6 Å². The topological polar surface area (TPSA) is 144 Å². The normalized spacial score (nSPS) is 33.6. The highest BCUT2D eigenvalue weighted by molar-refractivity contribution is 6.18. The Bertz CT molecular complexity index is 1560. The molecule has 5 rings (SSSR count). The lowest BCUT2D eigenvalue weighted by atomic mass is 9.43. The Morgan fingerprint density at radius 2 is 1.65 bits per heavy atom. The van der Waals surface area contributed by atoms with Crippen LogP contribution in [0.5, 0.6) is 5.75 Å². The average molecular weight is 545 g/mol. The Morgan fingerprint density at radius 3 is 2.20 bits per heavy atom. The van der Waals surface area contributed by atoms with E-state index in [0.29, 0.717) is 16.7 Å². The van der Waals surface area contributed by atoms with Crippen molar-refractivity contribution >= 4 is 11.6 Å². The van der Waals surface area contributed by atoms with Crippen molar-refractivity contribution in [1.29, 1.82) is 0 Å². The first-order valence-electron chi connectivity index (χ1n) is 13.3. The maximum Gasteiger partial charge on any atom is 0.204 e. The molecule has 6 atom stereocenters. The molecule has 0 saturated carbocycles. The minimum Gasteiger partial charge on any atom is -0.508 e. The number of benzene rings is 2. The highest BCUT2D eigenvalue weighted by atomic mass is 16.4. The number of Topliss-reactive ketones (excluding diaryl/α,β-unsaturated/α-hetero) is 2. The zero-order valence-electron chi connectivity index (χ0n) is 23.6. The van der Waals surface area contributed by atoms with Crippen LogP contribution in [-0.2, 0) is 4.79 Å². The molecule has 40 heavy (non-hydrogen) atoms. The molecule has 6 N–H and O–H groups in total. The number of fused-ring (bicyclic) bond motifs is 3. The number of ketones is 2. The van der Waals surface area contributed by atoms with Crippen LogP contribution in [0.25, 0.3) is 11.1 Å². The van der Waals surface area contributed by atoms with Crippen molar-refractivity contribution in [3.8, 4) is 16.9 Å². The van der Waals surface area contributed by atoms with Crippen molar-refractivity contribution in [2.45, 2.75) is 51.4 Å². The molecule has 0 fully saturated rings. The molecule has 2 aromatic rings. The van der Waals surface area contributed by atoms with E-state index in [2.05, 4.69) is 6.58 Å². The second-order valence-corrected chi connectivity index (χ2v) is 12.0. The molecule has 0 amide bonds. The number of rotatable bonds is 3. The van der Waals surface area contributed by atoms with Crippen molar-refractivity contribution in [3.63, 3.8) is 0 Å². The molecule has 210 valence electrons. The molecule has 0 spiro atoms. The fourth-order valence-electron chi connectivity index (χ4n) is 8.01. The van der Waals surface area contributed by atoms with Crippen LogP contribution in [0.2, 0.25) is 0 Å². The van der Waals surface area contributed by atoms with E-state index in [0.717, 1.165) is 5.56 Å². The monoisotopic (exact) mass is 544 g/mol. The number of phenols is 1. The third kappa shape index (κ3) is 3.01. The Morgan fingerprint density at radius 1 is 1.05 bits per heavy atom. The summed E-state index contributed by atoms with van der Waals surface area (Å²) in [6.07, 6.45) is -1.51. The van der Waals surface area contributed by atoms with Gasteiger partial charge in [0.05, 0.1) is 22.7 Å². The number of nitrogens with two attached hydrogens (primary N) is 1. The van der Waals surface area contributed by atoms with Crippen LogP contribution >= 0.6 is 0 Å². The Balaban J connectivity index is 1.91. The third-order valence-corrected chi connectivity index (χ3v) is 9.89. The number of aliphatic hydroxyl groups excluding tert-OH is 2. The van der Waals surface area contributed by atoms with Crippen LogP contribution in [0.15, 0.2) is 77.2 Å². The van der Waals surface area contributed by atoms with E-state index in [1.165, 1.54) is 6.07 Å². The number of hydrogen-bond acceptors (Lipinski definition) is 8. The summed E-state index contributed by atoms with van der Waals surface area (Å²) in [5.41, 5.74) is 2.20. The summed E-state index contributed by atoms with van der Waals surface area (Å²) in [5.74, 6) is -3.46. The largest absolute Gasteiger partial charge is 0.508 e. The Kier molecular flexibility index (Phi) is 6.01. The molecule has 0 bridgehead atoms. The van der Waals surface area contributed by atoms with E-state index in [1.807, 2.05) is 37.3 Å². The molecule has 0 saturated heterocycles. The first-order chi connectivity index (χ1) is 18.6. The van der Waals surface area contributed by atoms with Crippen molar-refractivity contribution in [1.82, 2.24) is 4.90 Å². The summed E-state index contributed by atoms with van der Waals surface area (Å²) in [7, 11) is 3.49. The molecule has 8 nitrogen and oxygen atoms in total. The molecular formula is C32H36N2O6. The summed E-state index contributed by atoms with van der Waals surface area (Å²) < 4.78 is 0. The van der Waals surface area contributed by atoms with Gasteiger partial charge in [-0.15, -0.1) is 0 Å². The van der Waals surface area contributed by atoms with Gasteiger partial charge in [0, 0.05) is 22.7 Å². The van der Waals surface area contributed by atoms with Crippen molar-refractivity contribution in [3.05, 3.63) is 88.3 Å². The average Bonchev–Trinajstić information content (AvgIpc) is 2.89.